The highest BCUT2D eigenvalue weighted by Gasteiger charge is 2.34. The van der Waals surface area contributed by atoms with Gasteiger partial charge in [-0.05, 0) is 66.8 Å². The lowest BCUT2D eigenvalue weighted by atomic mass is 9.99. The van der Waals surface area contributed by atoms with Crippen LogP contribution in [0, 0.1) is 5.82 Å². The molecule has 0 saturated heterocycles. The van der Waals surface area contributed by atoms with E-state index in [2.05, 4.69) is 36.1 Å². The highest BCUT2D eigenvalue weighted by atomic mass is 19.4. The molecule has 0 saturated carbocycles. The maximum atomic E-state index is 13.5. The summed E-state index contributed by atoms with van der Waals surface area (Å²) in [6, 6.07) is 8.48. The summed E-state index contributed by atoms with van der Waals surface area (Å²) in [5.74, 6) is -1.57. The number of halogens is 4. The number of aromatic nitrogens is 6. The molecule has 2 amide bonds. The second-order valence-electron chi connectivity index (χ2n) is 8.76. The fourth-order valence-corrected chi connectivity index (χ4v) is 3.88. The Morgan fingerprint density at radius 1 is 0.975 bits per heavy atom. The molecule has 0 bridgehead atoms. The minimum atomic E-state index is -4.75. The average molecular weight is 557 g/mol. The first-order valence-electron chi connectivity index (χ1n) is 12.2. The minimum absolute atomic E-state index is 0.157. The van der Waals surface area contributed by atoms with Crippen molar-refractivity contribution in [1.29, 1.82) is 0 Å². The zero-order chi connectivity index (χ0) is 28.7. The second-order valence-corrected chi connectivity index (χ2v) is 8.76. The quantitative estimate of drug-likeness (QED) is 0.224. The van der Waals surface area contributed by atoms with Gasteiger partial charge in [-0.2, -0.15) is 18.3 Å². The van der Waals surface area contributed by atoms with Gasteiger partial charge in [0.25, 0.3) is 5.91 Å². The molecule has 0 aliphatic carbocycles. The van der Waals surface area contributed by atoms with Crippen molar-refractivity contribution >= 4 is 17.6 Å². The minimum Gasteiger partial charge on any atom is -0.354 e. The van der Waals surface area contributed by atoms with E-state index in [1.54, 1.807) is 23.0 Å². The van der Waals surface area contributed by atoms with Crippen LogP contribution in [0.15, 0.2) is 54.9 Å². The molecule has 0 unspecified atom stereocenters. The lowest BCUT2D eigenvalue weighted by Crippen LogP contribution is -2.18. The third kappa shape index (κ3) is 7.42. The van der Waals surface area contributed by atoms with Gasteiger partial charge in [0.05, 0.1) is 29.6 Å². The van der Waals surface area contributed by atoms with Gasteiger partial charge in [-0.25, -0.2) is 4.39 Å². The van der Waals surface area contributed by atoms with Gasteiger partial charge in [-0.3, -0.25) is 19.3 Å². The lowest BCUT2D eigenvalue weighted by molar-refractivity contribution is -0.137. The number of amides is 2. The zero-order valence-corrected chi connectivity index (χ0v) is 21.2. The van der Waals surface area contributed by atoms with Crippen LogP contribution in [0.1, 0.15) is 40.3 Å². The first-order chi connectivity index (χ1) is 19.1. The number of anilines is 1. The third-order valence-electron chi connectivity index (χ3n) is 5.81. The summed E-state index contributed by atoms with van der Waals surface area (Å²) in [7, 11) is 1.52. The number of hydrogen-bond donors (Lipinski definition) is 2. The average Bonchev–Trinajstić information content (AvgIpc) is 3.40. The van der Waals surface area contributed by atoms with Crippen LogP contribution < -0.4 is 10.6 Å². The Balaban J connectivity index is 1.29. The number of unbranched alkanes of at least 4 members (excludes halogenated alkanes) is 1. The summed E-state index contributed by atoms with van der Waals surface area (Å²) in [4.78, 5) is 28.1. The summed E-state index contributed by atoms with van der Waals surface area (Å²) >= 11 is 0. The lowest BCUT2D eigenvalue weighted by Gasteiger charge is -2.13. The Labute approximate surface area is 225 Å². The van der Waals surface area contributed by atoms with E-state index in [0.29, 0.717) is 19.0 Å². The molecule has 208 valence electrons. The van der Waals surface area contributed by atoms with E-state index in [1.165, 1.54) is 25.4 Å². The van der Waals surface area contributed by atoms with Crippen molar-refractivity contribution in [2.45, 2.75) is 38.4 Å². The Morgan fingerprint density at radius 3 is 2.52 bits per heavy atom. The van der Waals surface area contributed by atoms with Gasteiger partial charge < -0.3 is 10.6 Å². The van der Waals surface area contributed by atoms with Crippen molar-refractivity contribution in [1.82, 2.24) is 35.5 Å². The fraction of sp³-hybridized carbons (Fsp3) is 0.269. The summed E-state index contributed by atoms with van der Waals surface area (Å²) in [5.41, 5.74) is 0.0268. The van der Waals surface area contributed by atoms with E-state index in [-0.39, 0.29) is 40.7 Å². The van der Waals surface area contributed by atoms with Crippen molar-refractivity contribution in [2.75, 3.05) is 12.4 Å². The summed E-state index contributed by atoms with van der Waals surface area (Å²) in [5, 5.41) is 20.9. The zero-order valence-electron chi connectivity index (χ0n) is 21.2. The van der Waals surface area contributed by atoms with Crippen LogP contribution in [0.25, 0.3) is 11.1 Å². The van der Waals surface area contributed by atoms with Crippen LogP contribution in [0.5, 0.6) is 0 Å². The monoisotopic (exact) mass is 556 g/mol. The van der Waals surface area contributed by atoms with Gasteiger partial charge in [0.2, 0.25) is 5.91 Å². The molecule has 4 rings (SSSR count). The Hall–Kier alpha value is -4.75. The number of rotatable bonds is 10. The maximum Gasteiger partial charge on any atom is 0.417 e. The molecule has 2 N–H and O–H groups in total. The summed E-state index contributed by atoms with van der Waals surface area (Å²) < 4.78 is 55.3. The van der Waals surface area contributed by atoms with E-state index in [0.717, 1.165) is 30.7 Å². The molecule has 0 aliphatic heterocycles. The molecule has 0 fully saturated rings. The molecule has 0 atom stereocenters. The van der Waals surface area contributed by atoms with Gasteiger partial charge in [-0.15, -0.1) is 10.2 Å². The summed E-state index contributed by atoms with van der Waals surface area (Å²) in [6.45, 7) is 0.583. The van der Waals surface area contributed by atoms with Crippen LogP contribution in [0.3, 0.4) is 0 Å². The Bertz CT molecular complexity index is 1490. The first kappa shape index (κ1) is 28.3. The number of pyridine rings is 1. The van der Waals surface area contributed by atoms with E-state index in [4.69, 9.17) is 0 Å². The number of carbonyl (C=O) groups is 2. The molecule has 4 aromatic rings. The van der Waals surface area contributed by atoms with Crippen molar-refractivity contribution in [3.63, 3.8) is 0 Å². The summed E-state index contributed by atoms with van der Waals surface area (Å²) in [6.07, 6.45) is 0.0806. The second kappa shape index (κ2) is 12.4. The number of carbonyl (C=O) groups excluding carboxylic acids is 2. The molecular formula is C26H24F4N8O2. The van der Waals surface area contributed by atoms with Gasteiger partial charge >= 0.3 is 6.18 Å². The SMILES string of the molecule is CNC(=O)c1cn(CCCCc2ccc(NC(=O)Cc3cc(-c4ccc(F)cc4C(F)(F)F)ccn3)nn2)nn1. The van der Waals surface area contributed by atoms with Gasteiger partial charge in [0.15, 0.2) is 11.5 Å². The normalized spacial score (nSPS) is 11.3. The number of benzene rings is 1. The van der Waals surface area contributed by atoms with Crippen LogP contribution in [0.2, 0.25) is 0 Å². The van der Waals surface area contributed by atoms with Gasteiger partial charge in [-0.1, -0.05) is 11.3 Å². The molecular weight excluding hydrogens is 532 g/mol. The molecule has 0 aliphatic rings. The van der Waals surface area contributed by atoms with Gasteiger partial charge in [0.1, 0.15) is 5.82 Å². The predicted molar refractivity (Wildman–Crippen MR) is 135 cm³/mol. The van der Waals surface area contributed by atoms with Crippen molar-refractivity contribution in [2.24, 2.45) is 0 Å². The largest absolute Gasteiger partial charge is 0.417 e. The first-order valence-corrected chi connectivity index (χ1v) is 12.2. The number of aryl methyl sites for hydroxylation is 2. The molecule has 3 heterocycles. The highest BCUT2D eigenvalue weighted by molar-refractivity contribution is 5.91. The molecule has 0 radical (unpaired) electrons. The van der Waals surface area contributed by atoms with Crippen LogP contribution in [0.4, 0.5) is 23.4 Å². The topological polar surface area (TPSA) is 128 Å². The maximum absolute atomic E-state index is 13.5. The third-order valence-corrected chi connectivity index (χ3v) is 5.81. The predicted octanol–water partition coefficient (Wildman–Crippen LogP) is 3.85. The fourth-order valence-electron chi connectivity index (χ4n) is 3.88. The molecule has 3 aromatic heterocycles. The highest BCUT2D eigenvalue weighted by Crippen LogP contribution is 2.37. The van der Waals surface area contributed by atoms with Crippen molar-refractivity contribution in [3.05, 3.63) is 83.3 Å². The Morgan fingerprint density at radius 2 is 1.80 bits per heavy atom. The van der Waals surface area contributed by atoms with Crippen molar-refractivity contribution in [3.8, 4) is 11.1 Å². The van der Waals surface area contributed by atoms with E-state index in [1.807, 2.05) is 0 Å². The van der Waals surface area contributed by atoms with Crippen LogP contribution in [-0.4, -0.2) is 49.0 Å². The number of nitrogens with zero attached hydrogens (tertiary/aromatic N) is 6. The van der Waals surface area contributed by atoms with E-state index >= 15 is 0 Å². The molecule has 10 nitrogen and oxygen atoms in total. The molecule has 1 aromatic carbocycles. The molecule has 40 heavy (non-hydrogen) atoms. The molecule has 0 spiro atoms. The smallest absolute Gasteiger partial charge is 0.354 e. The molecule has 14 heteroatoms. The Kier molecular flexibility index (Phi) is 8.76. The number of hydrogen-bond acceptors (Lipinski definition) is 7. The van der Waals surface area contributed by atoms with Gasteiger partial charge in [0, 0.05) is 19.8 Å². The van der Waals surface area contributed by atoms with Crippen molar-refractivity contribution < 1.29 is 27.2 Å². The van der Waals surface area contributed by atoms with E-state index < -0.39 is 23.5 Å². The number of nitrogens with one attached hydrogen (secondary N) is 2. The number of alkyl halides is 3. The standard InChI is InChI=1S/C26H24F4N8O2/c1-31-25(40)22-15-38(37-35-22)11-3-2-4-18-6-8-23(36-34-18)33-24(39)14-19-12-16(9-10-32-19)20-7-5-17(27)13-21(20)26(28,29)30/h5-10,12-13,15H,2-4,11,14H2,1H3,(H,31,40)(H,33,36,39). The van der Waals surface area contributed by atoms with Crippen LogP contribution >= 0.6 is 0 Å². The van der Waals surface area contributed by atoms with Crippen LogP contribution in [-0.2, 0) is 30.4 Å². The van der Waals surface area contributed by atoms with E-state index in [9.17, 15) is 27.2 Å².